The largest absolute Gasteiger partial charge is 0.493 e. The van der Waals surface area contributed by atoms with Gasteiger partial charge in [0.05, 0.1) is 14.2 Å². The van der Waals surface area contributed by atoms with Crippen LogP contribution in [0.5, 0.6) is 17.2 Å². The van der Waals surface area contributed by atoms with Crippen LogP contribution in [-0.2, 0) is 9.53 Å². The highest BCUT2D eigenvalue weighted by Crippen LogP contribution is 2.31. The zero-order chi connectivity index (χ0) is 18.2. The third-order valence-corrected chi connectivity index (χ3v) is 3.30. The zero-order valence-electron chi connectivity index (χ0n) is 14.3. The van der Waals surface area contributed by atoms with Gasteiger partial charge < -0.3 is 24.4 Å². The molecular weight excluding hydrogens is 324 g/mol. The second kappa shape index (κ2) is 8.58. The van der Waals surface area contributed by atoms with Gasteiger partial charge in [0.1, 0.15) is 12.3 Å². The maximum atomic E-state index is 11.9. The van der Waals surface area contributed by atoms with Crippen LogP contribution in [0.15, 0.2) is 48.5 Å². The number of amides is 2. The molecule has 0 radical (unpaired) electrons. The summed E-state index contributed by atoms with van der Waals surface area (Å²) in [5, 5.41) is 2.70. The molecule has 7 heteroatoms. The first kappa shape index (κ1) is 18.1. The summed E-state index contributed by atoms with van der Waals surface area (Å²) in [5.41, 5.74) is 0.593. The summed E-state index contributed by atoms with van der Waals surface area (Å²) in [4.78, 5) is 24.3. The molecule has 0 saturated heterocycles. The summed E-state index contributed by atoms with van der Waals surface area (Å²) < 4.78 is 15.5. The molecule has 0 aromatic heterocycles. The van der Waals surface area contributed by atoms with E-state index in [-0.39, 0.29) is 12.5 Å². The maximum Gasteiger partial charge on any atom is 0.409 e. The molecule has 0 heterocycles. The van der Waals surface area contributed by atoms with E-state index in [0.717, 1.165) is 0 Å². The lowest BCUT2D eigenvalue weighted by Gasteiger charge is -2.15. The van der Waals surface area contributed by atoms with Gasteiger partial charge in [0.15, 0.2) is 11.5 Å². The molecule has 0 aliphatic carbocycles. The Morgan fingerprint density at radius 3 is 2.24 bits per heavy atom. The van der Waals surface area contributed by atoms with E-state index in [4.69, 9.17) is 9.47 Å². The lowest BCUT2D eigenvalue weighted by atomic mass is 10.3. The van der Waals surface area contributed by atoms with Gasteiger partial charge in [0, 0.05) is 12.7 Å². The predicted molar refractivity (Wildman–Crippen MR) is 93.2 cm³/mol. The van der Waals surface area contributed by atoms with Crippen molar-refractivity contribution in [1.29, 1.82) is 0 Å². The van der Waals surface area contributed by atoms with Gasteiger partial charge in [-0.15, -0.1) is 0 Å². The van der Waals surface area contributed by atoms with Crippen LogP contribution in [0.2, 0.25) is 0 Å². The van der Waals surface area contributed by atoms with Gasteiger partial charge in [-0.3, -0.25) is 4.79 Å². The molecular formula is C18H20N2O5. The fourth-order valence-corrected chi connectivity index (χ4v) is 2.07. The van der Waals surface area contributed by atoms with Crippen LogP contribution in [0.25, 0.3) is 0 Å². The Balaban J connectivity index is 1.95. The van der Waals surface area contributed by atoms with Crippen LogP contribution in [0, 0.1) is 0 Å². The first-order valence-corrected chi connectivity index (χ1v) is 7.53. The van der Waals surface area contributed by atoms with Crippen LogP contribution in [0.1, 0.15) is 0 Å². The van der Waals surface area contributed by atoms with E-state index in [1.54, 1.807) is 37.4 Å². The van der Waals surface area contributed by atoms with Crippen molar-refractivity contribution in [2.75, 3.05) is 33.1 Å². The smallest absolute Gasteiger partial charge is 0.409 e. The van der Waals surface area contributed by atoms with E-state index in [9.17, 15) is 9.59 Å². The van der Waals surface area contributed by atoms with Crippen molar-refractivity contribution in [1.82, 2.24) is 4.90 Å². The molecule has 1 N–H and O–H groups in total. The molecule has 0 spiro atoms. The quantitative estimate of drug-likeness (QED) is 0.871. The van der Waals surface area contributed by atoms with Gasteiger partial charge in [-0.05, 0) is 36.4 Å². The number of rotatable bonds is 6. The molecule has 0 aliphatic rings. The van der Waals surface area contributed by atoms with Crippen LogP contribution < -0.4 is 14.8 Å². The summed E-state index contributed by atoms with van der Waals surface area (Å²) in [5.74, 6) is 1.51. The first-order valence-electron chi connectivity index (χ1n) is 7.53. The number of methoxy groups -OCH3 is 2. The predicted octanol–water partition coefficient (Wildman–Crippen LogP) is 3.12. The van der Waals surface area contributed by atoms with Gasteiger partial charge in [-0.1, -0.05) is 12.1 Å². The Kier molecular flexibility index (Phi) is 6.22. The van der Waals surface area contributed by atoms with Gasteiger partial charge in [-0.2, -0.15) is 0 Å². The summed E-state index contributed by atoms with van der Waals surface area (Å²) in [7, 11) is 4.32. The number of hydrogen-bond donors (Lipinski definition) is 1. The highest BCUT2D eigenvalue weighted by molar-refractivity contribution is 5.93. The Morgan fingerprint density at radius 2 is 1.64 bits per heavy atom. The number of nitrogens with zero attached hydrogens (tertiary/aromatic N) is 1. The van der Waals surface area contributed by atoms with E-state index in [1.807, 2.05) is 18.2 Å². The van der Waals surface area contributed by atoms with Crippen molar-refractivity contribution in [2.24, 2.45) is 0 Å². The number of para-hydroxylation sites is 2. The highest BCUT2D eigenvalue weighted by Gasteiger charge is 2.13. The van der Waals surface area contributed by atoms with Crippen molar-refractivity contribution in [3.63, 3.8) is 0 Å². The molecule has 0 bridgehead atoms. The van der Waals surface area contributed by atoms with E-state index < -0.39 is 6.09 Å². The lowest BCUT2D eigenvalue weighted by molar-refractivity contribution is -0.116. The molecule has 2 amide bonds. The number of likely N-dealkylation sites (N-methyl/N-ethyl adjacent to an activating group) is 1. The average molecular weight is 344 g/mol. The van der Waals surface area contributed by atoms with Crippen molar-refractivity contribution >= 4 is 17.7 Å². The molecule has 0 atom stereocenters. The Bertz CT molecular complexity index is 731. The van der Waals surface area contributed by atoms with Gasteiger partial charge >= 0.3 is 6.09 Å². The fraction of sp³-hybridized carbons (Fsp3) is 0.222. The molecule has 2 aromatic rings. The van der Waals surface area contributed by atoms with E-state index >= 15 is 0 Å². The molecule has 2 rings (SSSR count). The molecule has 7 nitrogen and oxygen atoms in total. The third kappa shape index (κ3) is 5.13. The number of carbonyl (C=O) groups is 2. The van der Waals surface area contributed by atoms with Crippen LogP contribution in [0.3, 0.4) is 0 Å². The minimum atomic E-state index is -0.573. The van der Waals surface area contributed by atoms with Crippen molar-refractivity contribution in [3.8, 4) is 17.2 Å². The normalized spacial score (nSPS) is 9.88. The summed E-state index contributed by atoms with van der Waals surface area (Å²) >= 11 is 0. The zero-order valence-corrected chi connectivity index (χ0v) is 14.3. The standard InChI is InChI=1S/C18H20N2O5/c1-20(18(22)24-3)12-17(21)19-13-8-10-14(11-9-13)25-16-7-5-4-6-15(16)23-2/h4-11H,12H2,1-3H3,(H,19,21). The summed E-state index contributed by atoms with van der Waals surface area (Å²) in [6, 6.07) is 14.2. The molecule has 25 heavy (non-hydrogen) atoms. The second-order valence-corrected chi connectivity index (χ2v) is 5.15. The van der Waals surface area contributed by atoms with Crippen LogP contribution in [-0.4, -0.2) is 44.7 Å². The highest BCUT2D eigenvalue weighted by atomic mass is 16.5. The fourth-order valence-electron chi connectivity index (χ4n) is 2.07. The number of ether oxygens (including phenoxy) is 3. The second-order valence-electron chi connectivity index (χ2n) is 5.15. The van der Waals surface area contributed by atoms with Gasteiger partial charge in [0.25, 0.3) is 0 Å². The average Bonchev–Trinajstić information content (AvgIpc) is 2.63. The van der Waals surface area contributed by atoms with Crippen LogP contribution in [0.4, 0.5) is 10.5 Å². The first-order chi connectivity index (χ1) is 12.0. The molecule has 0 saturated carbocycles. The molecule has 0 aliphatic heterocycles. The molecule has 0 fully saturated rings. The minimum absolute atomic E-state index is 0.105. The van der Waals surface area contributed by atoms with Crippen molar-refractivity contribution in [3.05, 3.63) is 48.5 Å². The Morgan fingerprint density at radius 1 is 1.00 bits per heavy atom. The van der Waals surface area contributed by atoms with Crippen molar-refractivity contribution < 1.29 is 23.8 Å². The Labute approximate surface area is 146 Å². The molecule has 2 aromatic carbocycles. The number of nitrogens with one attached hydrogen (secondary N) is 1. The van der Waals surface area contributed by atoms with Crippen molar-refractivity contribution in [2.45, 2.75) is 0 Å². The van der Waals surface area contributed by atoms with E-state index in [1.165, 1.54) is 19.1 Å². The van der Waals surface area contributed by atoms with Crippen LogP contribution >= 0.6 is 0 Å². The van der Waals surface area contributed by atoms with Gasteiger partial charge in [0.2, 0.25) is 5.91 Å². The third-order valence-electron chi connectivity index (χ3n) is 3.30. The number of hydrogen-bond acceptors (Lipinski definition) is 5. The Hall–Kier alpha value is -3.22. The summed E-state index contributed by atoms with van der Waals surface area (Å²) in [6.45, 7) is -0.105. The SMILES string of the molecule is COC(=O)N(C)CC(=O)Nc1ccc(Oc2ccccc2OC)cc1. The van der Waals surface area contributed by atoms with E-state index in [0.29, 0.717) is 22.9 Å². The minimum Gasteiger partial charge on any atom is -0.493 e. The van der Waals surface area contributed by atoms with Gasteiger partial charge in [-0.25, -0.2) is 4.79 Å². The molecule has 0 unspecified atom stereocenters. The monoisotopic (exact) mass is 344 g/mol. The number of anilines is 1. The van der Waals surface area contributed by atoms with E-state index in [2.05, 4.69) is 10.1 Å². The number of carbonyl (C=O) groups excluding carboxylic acids is 2. The summed E-state index contributed by atoms with van der Waals surface area (Å²) in [6.07, 6.45) is -0.573. The lowest BCUT2D eigenvalue weighted by Crippen LogP contribution is -2.34. The topological polar surface area (TPSA) is 77.1 Å². The molecule has 132 valence electrons. The maximum absolute atomic E-state index is 11.9. The number of benzene rings is 2.